The molecule has 0 bridgehead atoms. The third-order valence-electron chi connectivity index (χ3n) is 7.06. The molecule has 0 atom stereocenters. The van der Waals surface area contributed by atoms with E-state index < -0.39 is 11.7 Å². The van der Waals surface area contributed by atoms with E-state index in [0.717, 1.165) is 50.1 Å². The second-order valence-corrected chi connectivity index (χ2v) is 10.2. The molecule has 1 heterocycles. The number of nitrogens with one attached hydrogen (secondary N) is 1. The largest absolute Gasteiger partial charge is 0.416 e. The first kappa shape index (κ1) is 26.3. The van der Waals surface area contributed by atoms with Gasteiger partial charge in [0.2, 0.25) is 0 Å². The number of anilines is 1. The van der Waals surface area contributed by atoms with Crippen molar-refractivity contribution in [2.24, 2.45) is 0 Å². The maximum Gasteiger partial charge on any atom is 0.416 e. The van der Waals surface area contributed by atoms with Crippen LogP contribution in [0.4, 0.5) is 18.9 Å². The molecule has 192 valence electrons. The number of hydrogen-bond acceptors (Lipinski definition) is 1. The van der Waals surface area contributed by atoms with Crippen LogP contribution in [0.1, 0.15) is 66.5 Å². The van der Waals surface area contributed by atoms with Crippen LogP contribution in [0.3, 0.4) is 0 Å². The Kier molecular flexibility index (Phi) is 8.39. The van der Waals surface area contributed by atoms with E-state index in [9.17, 15) is 13.2 Å². The summed E-state index contributed by atoms with van der Waals surface area (Å²) in [5.74, 6) is 0. The van der Waals surface area contributed by atoms with Crippen LogP contribution in [-0.2, 0) is 19.3 Å². The van der Waals surface area contributed by atoms with Gasteiger partial charge in [-0.3, -0.25) is 0 Å². The summed E-state index contributed by atoms with van der Waals surface area (Å²) in [7, 11) is 0. The Labute approximate surface area is 217 Å². The molecule has 1 saturated carbocycles. The zero-order chi connectivity index (χ0) is 25.7. The Balaban J connectivity index is 1.57. The van der Waals surface area contributed by atoms with Gasteiger partial charge in [0, 0.05) is 30.2 Å². The number of rotatable bonds is 6. The minimum Gasteiger partial charge on any atom is -0.345 e. The summed E-state index contributed by atoms with van der Waals surface area (Å²) in [5, 5.41) is 3.59. The van der Waals surface area contributed by atoms with Crippen molar-refractivity contribution in [3.8, 4) is 0 Å². The van der Waals surface area contributed by atoms with Gasteiger partial charge >= 0.3 is 6.18 Å². The lowest BCUT2D eigenvalue weighted by atomic mass is 10.1. The van der Waals surface area contributed by atoms with Gasteiger partial charge in [-0.15, -0.1) is 0 Å². The molecule has 36 heavy (non-hydrogen) atoms. The molecule has 3 aromatic rings. The summed E-state index contributed by atoms with van der Waals surface area (Å²) < 4.78 is 42.0. The van der Waals surface area contributed by atoms with E-state index in [1.807, 2.05) is 6.07 Å². The van der Waals surface area contributed by atoms with Crippen LogP contribution in [0.5, 0.6) is 0 Å². The molecule has 0 aliphatic heterocycles. The molecule has 3 nitrogen and oxygen atoms in total. The quantitative estimate of drug-likeness (QED) is 0.266. The molecule has 0 spiro atoms. The second kappa shape index (κ2) is 11.5. The highest BCUT2D eigenvalue weighted by Gasteiger charge is 2.31. The molecule has 1 aliphatic carbocycles. The third kappa shape index (κ3) is 6.69. The van der Waals surface area contributed by atoms with Gasteiger partial charge in [0.15, 0.2) is 5.11 Å². The number of aryl methyl sites for hydroxylation is 2. The van der Waals surface area contributed by atoms with Crippen molar-refractivity contribution in [1.29, 1.82) is 0 Å². The monoisotopic (exact) mass is 513 g/mol. The smallest absolute Gasteiger partial charge is 0.345 e. The SMILES string of the molecule is Cc1ccc(Cn2cccc2CN(C(=S)Nc2cccc(C(F)(F)F)c2)C2CCCCCC2)c(C)c1. The van der Waals surface area contributed by atoms with E-state index in [4.69, 9.17) is 12.2 Å². The van der Waals surface area contributed by atoms with Gasteiger partial charge in [-0.1, -0.05) is 55.5 Å². The van der Waals surface area contributed by atoms with Crippen LogP contribution in [-0.4, -0.2) is 20.6 Å². The summed E-state index contributed by atoms with van der Waals surface area (Å²) >= 11 is 5.82. The fourth-order valence-electron chi connectivity index (χ4n) is 5.03. The first-order valence-electron chi connectivity index (χ1n) is 12.7. The summed E-state index contributed by atoms with van der Waals surface area (Å²) in [6.45, 7) is 5.60. The van der Waals surface area contributed by atoms with E-state index in [0.29, 0.717) is 17.3 Å². The molecule has 0 saturated heterocycles. The maximum atomic E-state index is 13.3. The number of benzene rings is 2. The van der Waals surface area contributed by atoms with Crippen molar-refractivity contribution < 1.29 is 13.2 Å². The first-order valence-corrected chi connectivity index (χ1v) is 13.1. The lowest BCUT2D eigenvalue weighted by Crippen LogP contribution is -2.42. The summed E-state index contributed by atoms with van der Waals surface area (Å²) in [5.41, 5.74) is 4.58. The Morgan fingerprint density at radius 1 is 1.00 bits per heavy atom. The average molecular weight is 514 g/mol. The van der Waals surface area contributed by atoms with E-state index in [1.165, 1.54) is 35.6 Å². The van der Waals surface area contributed by atoms with Gasteiger partial charge in [-0.25, -0.2) is 0 Å². The molecular formula is C29H34F3N3S. The maximum absolute atomic E-state index is 13.3. The topological polar surface area (TPSA) is 20.2 Å². The van der Waals surface area contributed by atoms with Gasteiger partial charge in [0.25, 0.3) is 0 Å². The average Bonchev–Trinajstić information content (AvgIpc) is 3.08. The van der Waals surface area contributed by atoms with Gasteiger partial charge in [0.1, 0.15) is 0 Å². The van der Waals surface area contributed by atoms with Gasteiger partial charge in [-0.2, -0.15) is 13.2 Å². The van der Waals surface area contributed by atoms with E-state index in [2.05, 4.69) is 59.1 Å². The molecule has 1 aliphatic rings. The van der Waals surface area contributed by atoms with Crippen LogP contribution in [0, 0.1) is 13.8 Å². The van der Waals surface area contributed by atoms with Gasteiger partial charge in [-0.05, 0) is 80.4 Å². The molecule has 2 aromatic carbocycles. The molecule has 0 amide bonds. The van der Waals surface area contributed by atoms with E-state index in [1.54, 1.807) is 6.07 Å². The van der Waals surface area contributed by atoms with Crippen molar-refractivity contribution in [2.45, 2.75) is 77.7 Å². The second-order valence-electron chi connectivity index (χ2n) is 9.84. The van der Waals surface area contributed by atoms with Crippen molar-refractivity contribution in [3.63, 3.8) is 0 Å². The Morgan fingerprint density at radius 2 is 1.75 bits per heavy atom. The van der Waals surface area contributed by atoms with Crippen molar-refractivity contribution in [1.82, 2.24) is 9.47 Å². The van der Waals surface area contributed by atoms with Crippen LogP contribution in [0.2, 0.25) is 0 Å². The van der Waals surface area contributed by atoms with E-state index in [-0.39, 0.29) is 6.04 Å². The zero-order valence-electron chi connectivity index (χ0n) is 20.9. The fraction of sp³-hybridized carbons (Fsp3) is 0.414. The normalized spacial score (nSPS) is 14.9. The van der Waals surface area contributed by atoms with E-state index >= 15 is 0 Å². The van der Waals surface area contributed by atoms with Crippen molar-refractivity contribution in [2.75, 3.05) is 5.32 Å². The van der Waals surface area contributed by atoms with Crippen LogP contribution in [0.15, 0.2) is 60.8 Å². The minimum absolute atomic E-state index is 0.253. The molecular weight excluding hydrogens is 479 g/mol. The Morgan fingerprint density at radius 3 is 2.44 bits per heavy atom. The highest BCUT2D eigenvalue weighted by atomic mass is 32.1. The number of halogens is 3. The minimum atomic E-state index is -4.39. The number of nitrogens with zero attached hydrogens (tertiary/aromatic N) is 2. The van der Waals surface area contributed by atoms with Gasteiger partial charge < -0.3 is 14.8 Å². The molecule has 1 N–H and O–H groups in total. The van der Waals surface area contributed by atoms with Crippen molar-refractivity contribution in [3.05, 3.63) is 88.7 Å². The summed E-state index contributed by atoms with van der Waals surface area (Å²) in [4.78, 5) is 2.19. The zero-order valence-corrected chi connectivity index (χ0v) is 21.8. The molecule has 1 fully saturated rings. The number of alkyl halides is 3. The summed E-state index contributed by atoms with van der Waals surface area (Å²) in [6, 6.07) is 16.2. The molecule has 1 aromatic heterocycles. The summed E-state index contributed by atoms with van der Waals surface area (Å²) in [6.07, 6.45) is 4.44. The number of aromatic nitrogens is 1. The highest BCUT2D eigenvalue weighted by Crippen LogP contribution is 2.31. The van der Waals surface area contributed by atoms with Crippen LogP contribution < -0.4 is 5.32 Å². The lowest BCUT2D eigenvalue weighted by Gasteiger charge is -2.34. The predicted octanol–water partition coefficient (Wildman–Crippen LogP) is 8.09. The number of thiocarbonyl (C=S) groups is 1. The standard InChI is InChI=1S/C29H34F3N3S/c1-21-14-15-23(22(2)17-21)19-34-16-8-13-27(34)20-35(26-11-5-3-4-6-12-26)28(36)33-25-10-7-9-24(18-25)29(30,31)32/h7-10,13-18,26H,3-6,11-12,19-20H2,1-2H3,(H,33,36). The van der Waals surface area contributed by atoms with Crippen LogP contribution >= 0.6 is 12.2 Å². The molecule has 4 rings (SSSR count). The lowest BCUT2D eigenvalue weighted by molar-refractivity contribution is -0.137. The Bertz CT molecular complexity index is 1180. The molecule has 7 heteroatoms. The van der Waals surface area contributed by atoms with Crippen molar-refractivity contribution >= 4 is 23.0 Å². The fourth-order valence-corrected chi connectivity index (χ4v) is 5.36. The third-order valence-corrected chi connectivity index (χ3v) is 7.40. The molecule has 0 radical (unpaired) electrons. The highest BCUT2D eigenvalue weighted by molar-refractivity contribution is 7.80. The van der Waals surface area contributed by atoms with Gasteiger partial charge in [0.05, 0.1) is 12.1 Å². The first-order chi connectivity index (χ1) is 17.2. The number of hydrogen-bond donors (Lipinski definition) is 1. The van der Waals surface area contributed by atoms with Crippen LogP contribution in [0.25, 0.3) is 0 Å². The Hall–Kier alpha value is -2.80. The molecule has 0 unspecified atom stereocenters. The predicted molar refractivity (Wildman–Crippen MR) is 144 cm³/mol.